The molecule has 2 heteroatoms. The molecule has 1 atom stereocenters. The zero-order chi connectivity index (χ0) is 8.20. The molecule has 0 saturated carbocycles. The first-order valence-electron chi connectivity index (χ1n) is 3.69. The molecule has 0 aliphatic carbocycles. The first-order valence-corrected chi connectivity index (χ1v) is 3.69. The van der Waals surface area contributed by atoms with Crippen LogP contribution in [-0.4, -0.2) is 18.9 Å². The molecule has 0 aromatic rings. The molecule has 0 aromatic heterocycles. The van der Waals surface area contributed by atoms with Crippen molar-refractivity contribution in [3.05, 3.63) is 0 Å². The fraction of sp³-hybridized carbons (Fsp3) is 0.875. The van der Waals surface area contributed by atoms with Crippen LogP contribution in [0.4, 0.5) is 0 Å². The van der Waals surface area contributed by atoms with Crippen molar-refractivity contribution in [3.8, 4) is 0 Å². The van der Waals surface area contributed by atoms with E-state index in [-0.39, 0.29) is 5.54 Å². The van der Waals surface area contributed by atoms with Crippen LogP contribution in [0.2, 0.25) is 0 Å². The van der Waals surface area contributed by atoms with E-state index in [9.17, 15) is 4.79 Å². The molecule has 0 aliphatic heterocycles. The van der Waals surface area contributed by atoms with Gasteiger partial charge in [-0.05, 0) is 26.3 Å². The quantitative estimate of drug-likeness (QED) is 0.599. The van der Waals surface area contributed by atoms with Gasteiger partial charge >= 0.3 is 0 Å². The minimum absolute atomic E-state index is 0.325. The smallest absolute Gasteiger partial charge is 0.139 e. The molecule has 1 N–H and O–H groups in total. The molecule has 2 nitrogen and oxygen atoms in total. The van der Waals surface area contributed by atoms with E-state index >= 15 is 0 Å². The number of carbonyl (C=O) groups is 1. The van der Waals surface area contributed by atoms with E-state index in [1.807, 2.05) is 14.0 Å². The predicted molar refractivity (Wildman–Crippen MR) is 43.0 cm³/mol. The monoisotopic (exact) mass is 143 g/mol. The van der Waals surface area contributed by atoms with Gasteiger partial charge in [0.05, 0.1) is 5.54 Å². The summed E-state index contributed by atoms with van der Waals surface area (Å²) < 4.78 is 0. The number of hydrogen-bond acceptors (Lipinski definition) is 2. The van der Waals surface area contributed by atoms with Gasteiger partial charge in [0.25, 0.3) is 0 Å². The van der Waals surface area contributed by atoms with Gasteiger partial charge in [-0.15, -0.1) is 0 Å². The lowest BCUT2D eigenvalue weighted by atomic mass is 9.93. The van der Waals surface area contributed by atoms with Gasteiger partial charge in [-0.3, -0.25) is 0 Å². The molecule has 0 aliphatic rings. The Morgan fingerprint density at radius 1 is 1.60 bits per heavy atom. The average molecular weight is 143 g/mol. The van der Waals surface area contributed by atoms with Crippen molar-refractivity contribution in [1.29, 1.82) is 0 Å². The maximum Gasteiger partial charge on any atom is 0.139 e. The lowest BCUT2D eigenvalue weighted by Crippen LogP contribution is -2.42. The summed E-state index contributed by atoms with van der Waals surface area (Å²) in [5, 5.41) is 2.99. The van der Waals surface area contributed by atoms with Crippen LogP contribution in [0.25, 0.3) is 0 Å². The average Bonchev–Trinajstić information content (AvgIpc) is 1.87. The van der Waals surface area contributed by atoms with Crippen molar-refractivity contribution < 1.29 is 4.79 Å². The number of carbonyl (C=O) groups excluding carboxylic acids is 1. The van der Waals surface area contributed by atoms with E-state index in [2.05, 4.69) is 19.2 Å². The first kappa shape index (κ1) is 9.63. The van der Waals surface area contributed by atoms with E-state index in [0.29, 0.717) is 5.92 Å². The highest BCUT2D eigenvalue weighted by atomic mass is 16.1. The third-order valence-corrected chi connectivity index (χ3v) is 1.66. The summed E-state index contributed by atoms with van der Waals surface area (Å²) in [6.45, 7) is 6.14. The summed E-state index contributed by atoms with van der Waals surface area (Å²) in [4.78, 5) is 10.5. The van der Waals surface area contributed by atoms with Gasteiger partial charge < -0.3 is 10.1 Å². The first-order chi connectivity index (χ1) is 4.54. The topological polar surface area (TPSA) is 29.1 Å². The third-order valence-electron chi connectivity index (χ3n) is 1.66. The molecule has 0 radical (unpaired) electrons. The summed E-state index contributed by atoms with van der Waals surface area (Å²) in [6, 6.07) is 0. The van der Waals surface area contributed by atoms with Gasteiger partial charge in [-0.2, -0.15) is 0 Å². The summed E-state index contributed by atoms with van der Waals surface area (Å²) >= 11 is 0. The fourth-order valence-electron chi connectivity index (χ4n) is 1.06. The second-order valence-corrected chi connectivity index (χ2v) is 3.38. The Labute approximate surface area is 63.0 Å². The summed E-state index contributed by atoms with van der Waals surface area (Å²) in [6.07, 6.45) is 1.88. The molecular formula is C8H17NO. The number of nitrogens with one attached hydrogen (secondary N) is 1. The summed E-state index contributed by atoms with van der Waals surface area (Å²) in [5.41, 5.74) is -0.325. The highest BCUT2D eigenvalue weighted by Gasteiger charge is 2.21. The molecule has 0 aromatic carbocycles. The second-order valence-electron chi connectivity index (χ2n) is 3.38. The van der Waals surface area contributed by atoms with Crippen molar-refractivity contribution in [2.24, 2.45) is 5.92 Å². The van der Waals surface area contributed by atoms with Crippen LogP contribution in [0.5, 0.6) is 0 Å². The molecule has 0 unspecified atom stereocenters. The third kappa shape index (κ3) is 2.97. The van der Waals surface area contributed by atoms with Crippen LogP contribution < -0.4 is 5.32 Å². The van der Waals surface area contributed by atoms with Crippen LogP contribution in [0, 0.1) is 5.92 Å². The van der Waals surface area contributed by atoms with E-state index in [1.54, 1.807) is 0 Å². The van der Waals surface area contributed by atoms with Crippen molar-refractivity contribution >= 4 is 6.29 Å². The van der Waals surface area contributed by atoms with Gasteiger partial charge in [0.1, 0.15) is 6.29 Å². The number of rotatable bonds is 4. The number of aldehydes is 1. The molecule has 0 fully saturated rings. The van der Waals surface area contributed by atoms with Gasteiger partial charge in [0, 0.05) is 0 Å². The Hall–Kier alpha value is -0.370. The Morgan fingerprint density at radius 2 is 2.10 bits per heavy atom. The second kappa shape index (κ2) is 3.71. The van der Waals surface area contributed by atoms with Crippen LogP contribution in [0.15, 0.2) is 0 Å². The minimum atomic E-state index is -0.325. The molecule has 0 spiro atoms. The Morgan fingerprint density at radius 3 is 2.20 bits per heavy atom. The van der Waals surface area contributed by atoms with E-state index in [4.69, 9.17) is 0 Å². The van der Waals surface area contributed by atoms with Crippen LogP contribution >= 0.6 is 0 Å². The molecule has 0 amide bonds. The van der Waals surface area contributed by atoms with Gasteiger partial charge in [0.15, 0.2) is 0 Å². The zero-order valence-electron chi connectivity index (χ0n) is 7.27. The van der Waals surface area contributed by atoms with Gasteiger partial charge in [-0.25, -0.2) is 0 Å². The minimum Gasteiger partial charge on any atom is -0.308 e. The van der Waals surface area contributed by atoms with Crippen LogP contribution in [0.1, 0.15) is 27.2 Å². The lowest BCUT2D eigenvalue weighted by molar-refractivity contribution is -0.113. The van der Waals surface area contributed by atoms with Crippen LogP contribution in [0.3, 0.4) is 0 Å². The van der Waals surface area contributed by atoms with Gasteiger partial charge in [-0.1, -0.05) is 13.8 Å². The molecule has 0 rings (SSSR count). The lowest BCUT2D eigenvalue weighted by Gasteiger charge is -2.23. The summed E-state index contributed by atoms with van der Waals surface area (Å²) in [7, 11) is 1.82. The number of likely N-dealkylation sites (N-methyl/N-ethyl adjacent to an activating group) is 1. The number of hydrogen-bond donors (Lipinski definition) is 1. The fourth-order valence-corrected chi connectivity index (χ4v) is 1.06. The Balaban J connectivity index is 3.92. The standard InChI is InChI=1S/C8H17NO/c1-7(2)5-8(3,6-10)9-4/h6-7,9H,5H2,1-4H3/t8-/m0/s1. The van der Waals surface area contributed by atoms with Crippen molar-refractivity contribution in [3.63, 3.8) is 0 Å². The molecule has 10 heavy (non-hydrogen) atoms. The normalized spacial score (nSPS) is 16.9. The molecule has 0 bridgehead atoms. The maximum atomic E-state index is 10.5. The highest BCUT2D eigenvalue weighted by molar-refractivity contribution is 5.63. The molecule has 0 saturated heterocycles. The SMILES string of the molecule is CN[C@](C)(C=O)CC(C)C. The van der Waals surface area contributed by atoms with Crippen LogP contribution in [-0.2, 0) is 4.79 Å². The molecule has 60 valence electrons. The molecular weight excluding hydrogens is 126 g/mol. The van der Waals surface area contributed by atoms with E-state index < -0.39 is 0 Å². The van der Waals surface area contributed by atoms with E-state index in [0.717, 1.165) is 12.7 Å². The Kier molecular flexibility index (Phi) is 3.58. The van der Waals surface area contributed by atoms with Crippen molar-refractivity contribution in [2.75, 3.05) is 7.05 Å². The maximum absolute atomic E-state index is 10.5. The molecule has 0 heterocycles. The predicted octanol–water partition coefficient (Wildman–Crippen LogP) is 1.21. The zero-order valence-corrected chi connectivity index (χ0v) is 7.27. The Bertz CT molecular complexity index is 112. The largest absolute Gasteiger partial charge is 0.308 e. The van der Waals surface area contributed by atoms with E-state index in [1.165, 1.54) is 0 Å². The van der Waals surface area contributed by atoms with Gasteiger partial charge in [0.2, 0.25) is 0 Å². The summed E-state index contributed by atoms with van der Waals surface area (Å²) in [5.74, 6) is 0.558. The highest BCUT2D eigenvalue weighted by Crippen LogP contribution is 2.12. The van der Waals surface area contributed by atoms with Crippen molar-refractivity contribution in [1.82, 2.24) is 5.32 Å². The van der Waals surface area contributed by atoms with Crippen molar-refractivity contribution in [2.45, 2.75) is 32.7 Å².